The number of hydrogen-bond donors (Lipinski definition) is 2. The molecule has 1 aliphatic heterocycles. The molecule has 1 amide bonds. The van der Waals surface area contributed by atoms with Crippen LogP contribution in [0.1, 0.15) is 92.1 Å². The second kappa shape index (κ2) is 28.6. The van der Waals surface area contributed by atoms with E-state index >= 15 is 0 Å². The number of nitrogens with zero attached hydrogens (tertiary/aromatic N) is 2. The molecule has 0 radical (unpaired) electrons. The standard InChI is InChI=1S/C13H18N2S.C11H19NO2.C2H4O.2C2H6.CH5N/c1-5-12(8-14-4)7-6-10(2)13-11(3)15-9-16-13;1-11(2,3)7-10(14)12-6-4-5-9(12)8-13;1-2-3;3*1-2/h5-7,9,14H,2,8H2,1,3-4H3;8-9H,4-7H2,1-3H3;2H,1H3;2*1-2H3;2H2,1H3/b7-6-,12-5+;;;;;. The number of carbonyl (C=O) groups is 3. The van der Waals surface area contributed by atoms with Crippen molar-refractivity contribution in [1.29, 1.82) is 0 Å². The Morgan fingerprint density at radius 1 is 1.18 bits per heavy atom. The molecule has 0 aromatic carbocycles. The van der Waals surface area contributed by atoms with E-state index in [0.29, 0.717) is 6.42 Å². The SMILES string of the molecule is C=C(/C=C\C(=C/C)CNC)c1scnc1C.CC.CC.CC(C)(C)CC(=O)N1CCCC1C=O.CC=O.CN. The minimum Gasteiger partial charge on any atom is -0.333 e. The van der Waals surface area contributed by atoms with Gasteiger partial charge in [0.1, 0.15) is 12.6 Å². The van der Waals surface area contributed by atoms with Gasteiger partial charge in [-0.3, -0.25) is 4.79 Å². The number of allylic oxidation sites excluding steroid dienone is 3. The Hall–Kier alpha value is -2.42. The van der Waals surface area contributed by atoms with E-state index in [0.717, 1.165) is 54.6 Å². The second-order valence-corrected chi connectivity index (χ2v) is 9.78. The quantitative estimate of drug-likeness (QED) is 0.283. The van der Waals surface area contributed by atoms with E-state index in [2.05, 4.69) is 34.8 Å². The van der Waals surface area contributed by atoms with Crippen molar-refractivity contribution in [1.82, 2.24) is 15.2 Å². The van der Waals surface area contributed by atoms with Crippen molar-refractivity contribution < 1.29 is 14.4 Å². The van der Waals surface area contributed by atoms with Crippen molar-refractivity contribution in [2.45, 2.75) is 94.5 Å². The third kappa shape index (κ3) is 22.1. The first kappa shape index (κ1) is 43.6. The number of nitrogens with one attached hydrogen (secondary N) is 1. The molecule has 3 N–H and O–H groups in total. The number of thiazole rings is 1. The van der Waals surface area contributed by atoms with Gasteiger partial charge in [-0.15, -0.1) is 11.3 Å². The van der Waals surface area contributed by atoms with Gasteiger partial charge in [0.25, 0.3) is 0 Å². The molecule has 2 rings (SSSR count). The molecule has 0 aliphatic carbocycles. The lowest BCUT2D eigenvalue weighted by atomic mass is 9.91. The van der Waals surface area contributed by atoms with Gasteiger partial charge in [-0.2, -0.15) is 0 Å². The van der Waals surface area contributed by atoms with Gasteiger partial charge in [-0.1, -0.05) is 73.3 Å². The van der Waals surface area contributed by atoms with Gasteiger partial charge in [0.05, 0.1) is 22.1 Å². The van der Waals surface area contributed by atoms with Gasteiger partial charge in [0, 0.05) is 19.5 Å². The third-order valence-electron chi connectivity index (χ3n) is 4.75. The van der Waals surface area contributed by atoms with E-state index in [4.69, 9.17) is 4.79 Å². The smallest absolute Gasteiger partial charge is 0.223 e. The third-order valence-corrected chi connectivity index (χ3v) is 5.75. The van der Waals surface area contributed by atoms with Crippen LogP contribution in [0.25, 0.3) is 5.57 Å². The normalized spacial score (nSPS) is 13.9. The highest BCUT2D eigenvalue weighted by molar-refractivity contribution is 7.11. The second-order valence-electron chi connectivity index (χ2n) is 8.93. The molecule has 0 spiro atoms. The van der Waals surface area contributed by atoms with Crippen LogP contribution in [0.2, 0.25) is 0 Å². The molecule has 226 valence electrons. The van der Waals surface area contributed by atoms with Gasteiger partial charge in [0.15, 0.2) is 0 Å². The number of aryl methyl sites for hydroxylation is 1. The molecule has 1 aliphatic rings. The first-order chi connectivity index (χ1) is 18.5. The Kier molecular flexibility index (Phi) is 32.0. The molecule has 1 aromatic rings. The Balaban J connectivity index is -0.000000244. The monoisotopic (exact) mass is 566 g/mol. The van der Waals surface area contributed by atoms with Crippen molar-refractivity contribution in [2.75, 3.05) is 27.2 Å². The van der Waals surface area contributed by atoms with Crippen LogP contribution in [0.15, 0.2) is 35.9 Å². The molecule has 7 nitrogen and oxygen atoms in total. The number of rotatable bonds is 7. The van der Waals surface area contributed by atoms with Crippen LogP contribution in [0.5, 0.6) is 0 Å². The Morgan fingerprint density at radius 3 is 2.10 bits per heavy atom. The fraction of sp³-hybridized carbons (Fsp3) is 0.613. The average molecular weight is 567 g/mol. The summed E-state index contributed by atoms with van der Waals surface area (Å²) in [6.45, 7) is 25.3. The van der Waals surface area contributed by atoms with Crippen LogP contribution in [-0.2, 0) is 14.4 Å². The first-order valence-electron chi connectivity index (χ1n) is 13.8. The summed E-state index contributed by atoms with van der Waals surface area (Å²) in [6.07, 6.45) is 10.2. The topological polar surface area (TPSA) is 105 Å². The van der Waals surface area contributed by atoms with E-state index in [-0.39, 0.29) is 17.4 Å². The van der Waals surface area contributed by atoms with Crippen molar-refractivity contribution in [3.63, 3.8) is 0 Å². The van der Waals surface area contributed by atoms with E-state index in [9.17, 15) is 9.59 Å². The molecule has 2 heterocycles. The van der Waals surface area contributed by atoms with Crippen molar-refractivity contribution in [3.8, 4) is 0 Å². The number of likely N-dealkylation sites (tertiary alicyclic amines) is 1. The summed E-state index contributed by atoms with van der Waals surface area (Å²) < 4.78 is 0. The van der Waals surface area contributed by atoms with Crippen LogP contribution in [0.3, 0.4) is 0 Å². The average Bonchev–Trinajstić information content (AvgIpc) is 3.59. The molecule has 0 bridgehead atoms. The number of nitrogens with two attached hydrogens (primary N) is 1. The highest BCUT2D eigenvalue weighted by Gasteiger charge is 2.30. The van der Waals surface area contributed by atoms with Crippen LogP contribution >= 0.6 is 11.3 Å². The number of hydrogen-bond acceptors (Lipinski definition) is 7. The van der Waals surface area contributed by atoms with E-state index in [1.807, 2.05) is 80.9 Å². The predicted octanol–water partition coefficient (Wildman–Crippen LogP) is 6.63. The fourth-order valence-electron chi connectivity index (χ4n) is 3.15. The van der Waals surface area contributed by atoms with Gasteiger partial charge in [-0.05, 0) is 64.3 Å². The summed E-state index contributed by atoms with van der Waals surface area (Å²) in [5, 5.41) is 3.13. The van der Waals surface area contributed by atoms with Crippen molar-refractivity contribution >= 4 is 35.4 Å². The molecule has 39 heavy (non-hydrogen) atoms. The highest BCUT2D eigenvalue weighted by atomic mass is 32.1. The zero-order chi connectivity index (χ0) is 31.4. The molecular formula is C31H58N4O3S. The number of aldehydes is 2. The summed E-state index contributed by atoms with van der Waals surface area (Å²) in [5.74, 6) is 0.118. The van der Waals surface area contributed by atoms with Crippen LogP contribution in [0.4, 0.5) is 0 Å². The Morgan fingerprint density at radius 2 is 1.72 bits per heavy atom. The first-order valence-corrected chi connectivity index (χ1v) is 14.7. The lowest BCUT2D eigenvalue weighted by Gasteiger charge is -2.25. The minimum absolute atomic E-state index is 0.00705. The van der Waals surface area contributed by atoms with Crippen LogP contribution in [0, 0.1) is 12.3 Å². The van der Waals surface area contributed by atoms with Crippen LogP contribution < -0.4 is 11.1 Å². The molecule has 1 unspecified atom stereocenters. The van der Waals surface area contributed by atoms with Gasteiger partial charge in [0.2, 0.25) is 5.91 Å². The van der Waals surface area contributed by atoms with Crippen molar-refractivity contribution in [3.05, 3.63) is 46.5 Å². The fourth-order valence-corrected chi connectivity index (χ4v) is 3.91. The molecular weight excluding hydrogens is 508 g/mol. The maximum absolute atomic E-state index is 11.8. The summed E-state index contributed by atoms with van der Waals surface area (Å²) in [7, 11) is 3.44. The van der Waals surface area contributed by atoms with E-state index < -0.39 is 0 Å². The largest absolute Gasteiger partial charge is 0.333 e. The number of amides is 1. The maximum atomic E-state index is 11.8. The minimum atomic E-state index is -0.162. The zero-order valence-electron chi connectivity index (χ0n) is 26.9. The maximum Gasteiger partial charge on any atom is 0.223 e. The molecule has 1 fully saturated rings. The molecule has 8 heteroatoms. The Labute approximate surface area is 244 Å². The number of aromatic nitrogens is 1. The Bertz CT molecular complexity index is 824. The van der Waals surface area contributed by atoms with Gasteiger partial charge < -0.3 is 25.5 Å². The molecule has 0 saturated carbocycles. The number of likely N-dealkylation sites (N-methyl/N-ethyl adjacent to an activating group) is 1. The molecule has 1 saturated heterocycles. The van der Waals surface area contributed by atoms with Gasteiger partial charge in [-0.25, -0.2) is 4.98 Å². The van der Waals surface area contributed by atoms with Crippen molar-refractivity contribution in [2.24, 2.45) is 11.1 Å². The van der Waals surface area contributed by atoms with Crippen LogP contribution in [-0.4, -0.2) is 61.6 Å². The number of carbonyl (C=O) groups excluding carboxylic acids is 3. The van der Waals surface area contributed by atoms with E-state index in [1.54, 1.807) is 16.2 Å². The summed E-state index contributed by atoms with van der Waals surface area (Å²) in [4.78, 5) is 38.4. The summed E-state index contributed by atoms with van der Waals surface area (Å²) in [5.41, 5.74) is 9.69. The summed E-state index contributed by atoms with van der Waals surface area (Å²) >= 11 is 1.63. The summed E-state index contributed by atoms with van der Waals surface area (Å²) in [6, 6.07) is -0.162. The molecule has 1 aromatic heterocycles. The molecule has 1 atom stereocenters. The zero-order valence-corrected chi connectivity index (χ0v) is 27.7. The highest BCUT2D eigenvalue weighted by Crippen LogP contribution is 2.24. The van der Waals surface area contributed by atoms with Gasteiger partial charge >= 0.3 is 0 Å². The lowest BCUT2D eigenvalue weighted by Crippen LogP contribution is -2.38. The lowest BCUT2D eigenvalue weighted by molar-refractivity contribution is -0.136. The van der Waals surface area contributed by atoms with E-state index in [1.165, 1.54) is 19.5 Å². The predicted molar refractivity (Wildman–Crippen MR) is 172 cm³/mol.